The quantitative estimate of drug-likeness (QED) is 0.391. The van der Waals surface area contributed by atoms with Crippen molar-refractivity contribution in [2.75, 3.05) is 0 Å². The Morgan fingerprint density at radius 2 is 0.952 bits per heavy atom. The fourth-order valence-electron chi connectivity index (χ4n) is 1.30. The Kier molecular flexibility index (Phi) is 4.26. The van der Waals surface area contributed by atoms with Crippen LogP contribution in [0.5, 0.6) is 0 Å². The van der Waals surface area contributed by atoms with Gasteiger partial charge in [0, 0.05) is 6.08 Å². The lowest BCUT2D eigenvalue weighted by atomic mass is 10.0. The van der Waals surface area contributed by atoms with Crippen molar-refractivity contribution in [3.8, 4) is 0 Å². The van der Waals surface area contributed by atoms with Crippen LogP contribution in [0.2, 0.25) is 0 Å². The van der Waals surface area contributed by atoms with Crippen LogP contribution < -0.4 is 0 Å². The van der Waals surface area contributed by atoms with Crippen molar-refractivity contribution >= 4 is 5.57 Å². The van der Waals surface area contributed by atoms with E-state index in [1.54, 1.807) is 0 Å². The third kappa shape index (κ3) is 3.45. The van der Waals surface area contributed by atoms with Crippen LogP contribution in [0.25, 0.3) is 5.57 Å². The largest absolute Gasteiger partial charge is 0.417 e. The molecule has 0 N–H and O–H groups in total. The summed E-state index contributed by atoms with van der Waals surface area (Å²) in [7, 11) is 0. The molecule has 0 saturated carbocycles. The Hall–Kier alpha value is -1.81. The number of hydrogen-bond donors (Lipinski definition) is 0. The molecular formula is C10HF11. The SMILES string of the molecule is Fc1c(F)c(F)c(C(=CC(F)(F)F)C(F)(F)F)c(F)c1F. The normalized spacial score (nSPS) is 13.8. The third-order valence-corrected chi connectivity index (χ3v) is 2.09. The van der Waals surface area contributed by atoms with Crippen LogP contribution in [0.15, 0.2) is 6.08 Å². The second-order valence-electron chi connectivity index (χ2n) is 3.54. The van der Waals surface area contributed by atoms with E-state index in [4.69, 9.17) is 0 Å². The molecule has 0 radical (unpaired) electrons. The molecule has 0 atom stereocenters. The van der Waals surface area contributed by atoms with Gasteiger partial charge in [0.05, 0.1) is 11.1 Å². The summed E-state index contributed by atoms with van der Waals surface area (Å²) in [5.74, 6) is -14.4. The Balaban J connectivity index is 3.82. The van der Waals surface area contributed by atoms with Crippen molar-refractivity contribution < 1.29 is 48.3 Å². The van der Waals surface area contributed by atoms with E-state index in [0.29, 0.717) is 0 Å². The second kappa shape index (κ2) is 5.19. The van der Waals surface area contributed by atoms with Crippen LogP contribution in [0, 0.1) is 29.1 Å². The van der Waals surface area contributed by atoms with Gasteiger partial charge in [0.25, 0.3) is 0 Å². The van der Waals surface area contributed by atoms with Crippen LogP contribution in [0.4, 0.5) is 48.3 Å². The molecule has 0 unspecified atom stereocenters. The molecule has 1 aromatic carbocycles. The zero-order valence-corrected chi connectivity index (χ0v) is 9.23. The maximum Gasteiger partial charge on any atom is 0.417 e. The Bertz CT molecular complexity index is 561. The molecule has 1 aromatic rings. The number of halogens is 11. The van der Waals surface area contributed by atoms with Crippen molar-refractivity contribution in [3.63, 3.8) is 0 Å². The highest BCUT2D eigenvalue weighted by Crippen LogP contribution is 2.40. The van der Waals surface area contributed by atoms with Crippen molar-refractivity contribution in [3.05, 3.63) is 40.7 Å². The van der Waals surface area contributed by atoms with Gasteiger partial charge in [0.2, 0.25) is 5.82 Å². The summed E-state index contributed by atoms with van der Waals surface area (Å²) in [6.45, 7) is 0. The molecule has 0 aliphatic carbocycles. The molecular weight excluding hydrogens is 329 g/mol. The summed E-state index contributed by atoms with van der Waals surface area (Å²) in [4.78, 5) is 0. The molecule has 0 amide bonds. The first kappa shape index (κ1) is 17.2. The molecule has 21 heavy (non-hydrogen) atoms. The maximum atomic E-state index is 13.1. The van der Waals surface area contributed by atoms with Gasteiger partial charge in [-0.25, -0.2) is 22.0 Å². The van der Waals surface area contributed by atoms with E-state index < -0.39 is 58.7 Å². The summed E-state index contributed by atoms with van der Waals surface area (Å²) in [5.41, 5.74) is -5.74. The summed E-state index contributed by atoms with van der Waals surface area (Å²) < 4.78 is 138. The smallest absolute Gasteiger partial charge is 0.203 e. The van der Waals surface area contributed by atoms with E-state index >= 15 is 0 Å². The van der Waals surface area contributed by atoms with Gasteiger partial charge < -0.3 is 0 Å². The molecule has 118 valence electrons. The van der Waals surface area contributed by atoms with E-state index in [9.17, 15) is 48.3 Å². The van der Waals surface area contributed by atoms with E-state index in [1.165, 1.54) is 0 Å². The Labute approximate surface area is 108 Å². The molecule has 0 nitrogen and oxygen atoms in total. The average Bonchev–Trinajstić information content (AvgIpc) is 2.30. The fourth-order valence-corrected chi connectivity index (χ4v) is 1.30. The molecule has 0 aromatic heterocycles. The second-order valence-corrected chi connectivity index (χ2v) is 3.54. The monoisotopic (exact) mass is 330 g/mol. The van der Waals surface area contributed by atoms with Gasteiger partial charge >= 0.3 is 12.4 Å². The Morgan fingerprint density at radius 1 is 0.619 bits per heavy atom. The van der Waals surface area contributed by atoms with Crippen LogP contribution in [0.1, 0.15) is 5.56 Å². The zero-order valence-electron chi connectivity index (χ0n) is 9.23. The molecule has 11 heteroatoms. The minimum atomic E-state index is -6.01. The molecule has 0 heterocycles. The molecule has 0 spiro atoms. The number of allylic oxidation sites excluding steroid dienone is 2. The van der Waals surface area contributed by atoms with Gasteiger partial charge in [0.1, 0.15) is 0 Å². The van der Waals surface area contributed by atoms with Gasteiger partial charge in [-0.3, -0.25) is 0 Å². The van der Waals surface area contributed by atoms with Crippen LogP contribution in [-0.4, -0.2) is 12.4 Å². The van der Waals surface area contributed by atoms with Crippen LogP contribution in [0.3, 0.4) is 0 Å². The van der Waals surface area contributed by atoms with E-state index in [1.807, 2.05) is 0 Å². The lowest BCUT2D eigenvalue weighted by Gasteiger charge is -2.15. The minimum absolute atomic E-state index is 1.59. The van der Waals surface area contributed by atoms with Gasteiger partial charge in [-0.05, 0) is 0 Å². The highest BCUT2D eigenvalue weighted by Gasteiger charge is 2.44. The van der Waals surface area contributed by atoms with Crippen molar-refractivity contribution in [2.45, 2.75) is 12.4 Å². The predicted octanol–water partition coefficient (Wildman–Crippen LogP) is 4.89. The van der Waals surface area contributed by atoms with Crippen LogP contribution >= 0.6 is 0 Å². The molecule has 0 bridgehead atoms. The number of alkyl halides is 6. The number of hydrogen-bond acceptors (Lipinski definition) is 0. The highest BCUT2D eigenvalue weighted by atomic mass is 19.4. The fraction of sp³-hybridized carbons (Fsp3) is 0.200. The van der Waals surface area contributed by atoms with E-state index in [2.05, 4.69) is 0 Å². The topological polar surface area (TPSA) is 0 Å². The van der Waals surface area contributed by atoms with Gasteiger partial charge in [-0.1, -0.05) is 0 Å². The van der Waals surface area contributed by atoms with E-state index in [-0.39, 0.29) is 0 Å². The summed E-state index contributed by atoms with van der Waals surface area (Å²) in [6.07, 6.45) is -13.3. The average molecular weight is 330 g/mol. The summed E-state index contributed by atoms with van der Waals surface area (Å²) in [6, 6.07) is 0. The molecule has 0 saturated heterocycles. The first-order valence-corrected chi connectivity index (χ1v) is 4.66. The maximum absolute atomic E-state index is 13.1. The lowest BCUT2D eigenvalue weighted by Crippen LogP contribution is -2.19. The molecule has 0 aliphatic rings. The molecule has 0 aliphatic heterocycles. The number of rotatable bonds is 1. The van der Waals surface area contributed by atoms with Crippen molar-refractivity contribution in [2.24, 2.45) is 0 Å². The molecule has 0 fully saturated rings. The van der Waals surface area contributed by atoms with Gasteiger partial charge in [0.15, 0.2) is 23.3 Å². The van der Waals surface area contributed by atoms with Gasteiger partial charge in [-0.15, -0.1) is 0 Å². The Morgan fingerprint density at radius 3 is 1.24 bits per heavy atom. The predicted molar refractivity (Wildman–Crippen MR) is 46.3 cm³/mol. The summed E-state index contributed by atoms with van der Waals surface area (Å²) in [5, 5.41) is 0. The highest BCUT2D eigenvalue weighted by molar-refractivity contribution is 5.71. The number of benzene rings is 1. The first-order valence-electron chi connectivity index (χ1n) is 4.66. The third-order valence-electron chi connectivity index (χ3n) is 2.09. The summed E-state index contributed by atoms with van der Waals surface area (Å²) >= 11 is 0. The van der Waals surface area contributed by atoms with Crippen molar-refractivity contribution in [1.82, 2.24) is 0 Å². The molecule has 1 rings (SSSR count). The van der Waals surface area contributed by atoms with E-state index in [0.717, 1.165) is 0 Å². The van der Waals surface area contributed by atoms with Gasteiger partial charge in [-0.2, -0.15) is 26.3 Å². The zero-order chi connectivity index (χ0) is 16.7. The van der Waals surface area contributed by atoms with Crippen molar-refractivity contribution in [1.29, 1.82) is 0 Å². The standard InChI is InChI=1S/C10HF11/c11-4-3(5(12)7(14)8(15)6(4)13)2(10(19,20)21)1-9(16,17)18/h1H. The van der Waals surface area contributed by atoms with Crippen LogP contribution in [-0.2, 0) is 0 Å². The lowest BCUT2D eigenvalue weighted by molar-refractivity contribution is -0.0913. The minimum Gasteiger partial charge on any atom is -0.203 e. The first-order chi connectivity index (χ1) is 9.27.